The topological polar surface area (TPSA) is 55.1 Å². The van der Waals surface area contributed by atoms with Crippen molar-refractivity contribution < 1.29 is 4.79 Å². The van der Waals surface area contributed by atoms with Crippen molar-refractivity contribution in [3.05, 3.63) is 16.3 Å². The first-order valence-corrected chi connectivity index (χ1v) is 5.11. The third-order valence-electron chi connectivity index (χ3n) is 1.76. The minimum absolute atomic E-state index is 0.103. The Bertz CT molecular complexity index is 296. The Morgan fingerprint density at radius 3 is 2.85 bits per heavy atom. The molecule has 4 heteroatoms. The molecule has 1 aromatic rings. The highest BCUT2D eigenvalue weighted by molar-refractivity contribution is 7.08. The zero-order chi connectivity index (χ0) is 9.84. The number of hydrogen-bond acceptors (Lipinski definition) is 3. The lowest BCUT2D eigenvalue weighted by atomic mass is 10.2. The molecule has 1 atom stereocenters. The van der Waals surface area contributed by atoms with Crippen LogP contribution in [0.15, 0.2) is 10.8 Å². The Morgan fingerprint density at radius 1 is 1.69 bits per heavy atom. The van der Waals surface area contributed by atoms with Gasteiger partial charge in [-0.15, -0.1) is 11.3 Å². The summed E-state index contributed by atoms with van der Waals surface area (Å²) in [5.74, 6) is -0.270. The Hall–Kier alpha value is -1.03. The number of nitrogens with one attached hydrogen (secondary N) is 1. The first-order chi connectivity index (χ1) is 6.09. The molecule has 0 aliphatic carbocycles. The number of thiophene rings is 1. The summed E-state index contributed by atoms with van der Waals surface area (Å²) in [4.78, 5) is 10.6. The molecule has 0 saturated heterocycles. The van der Waals surface area contributed by atoms with Gasteiger partial charge in [0.1, 0.15) is 0 Å². The van der Waals surface area contributed by atoms with Crippen LogP contribution in [0.2, 0.25) is 0 Å². The third kappa shape index (κ3) is 3.06. The van der Waals surface area contributed by atoms with E-state index in [4.69, 9.17) is 5.73 Å². The molecular formula is C9H14N2OS. The van der Waals surface area contributed by atoms with Crippen molar-refractivity contribution in [3.63, 3.8) is 0 Å². The lowest BCUT2D eigenvalue weighted by molar-refractivity contribution is -0.118. The van der Waals surface area contributed by atoms with E-state index in [1.165, 1.54) is 5.56 Å². The van der Waals surface area contributed by atoms with Gasteiger partial charge in [0.25, 0.3) is 0 Å². The van der Waals surface area contributed by atoms with Crippen LogP contribution >= 0.6 is 11.3 Å². The van der Waals surface area contributed by atoms with Crippen molar-refractivity contribution >= 4 is 22.9 Å². The summed E-state index contributed by atoms with van der Waals surface area (Å²) < 4.78 is 0. The number of nitrogens with two attached hydrogens (primary N) is 1. The first kappa shape index (κ1) is 10.1. The van der Waals surface area contributed by atoms with Crippen LogP contribution in [0.25, 0.3) is 0 Å². The fourth-order valence-electron chi connectivity index (χ4n) is 1.13. The smallest absolute Gasteiger partial charge is 0.219 e. The summed E-state index contributed by atoms with van der Waals surface area (Å²) in [6, 6.07) is 0.103. The van der Waals surface area contributed by atoms with E-state index < -0.39 is 0 Å². The van der Waals surface area contributed by atoms with E-state index in [1.807, 2.05) is 19.2 Å². The first-order valence-electron chi connectivity index (χ1n) is 4.17. The molecule has 3 N–H and O–H groups in total. The van der Waals surface area contributed by atoms with Gasteiger partial charge in [0.05, 0.1) is 0 Å². The van der Waals surface area contributed by atoms with Crippen LogP contribution in [0.5, 0.6) is 0 Å². The van der Waals surface area contributed by atoms with Crippen LogP contribution in [0, 0.1) is 6.92 Å². The average molecular weight is 198 g/mol. The van der Waals surface area contributed by atoms with Crippen molar-refractivity contribution in [2.75, 3.05) is 5.32 Å². The molecule has 3 nitrogen and oxygen atoms in total. The Morgan fingerprint density at radius 2 is 2.38 bits per heavy atom. The van der Waals surface area contributed by atoms with Crippen LogP contribution in [-0.2, 0) is 4.79 Å². The second-order valence-corrected chi connectivity index (χ2v) is 3.93. The zero-order valence-corrected chi connectivity index (χ0v) is 8.65. The molecule has 0 radical (unpaired) electrons. The van der Waals surface area contributed by atoms with Gasteiger partial charge < -0.3 is 11.1 Å². The lowest BCUT2D eigenvalue weighted by Gasteiger charge is -2.12. The van der Waals surface area contributed by atoms with Gasteiger partial charge in [-0.3, -0.25) is 4.79 Å². The van der Waals surface area contributed by atoms with Crippen LogP contribution in [0.4, 0.5) is 5.69 Å². The molecule has 0 aromatic carbocycles. The number of hydrogen-bond donors (Lipinski definition) is 2. The highest BCUT2D eigenvalue weighted by Gasteiger charge is 2.07. The molecule has 72 valence electrons. The van der Waals surface area contributed by atoms with Gasteiger partial charge in [-0.2, -0.15) is 0 Å². The number of anilines is 1. The molecule has 0 bridgehead atoms. The summed E-state index contributed by atoms with van der Waals surface area (Å²) in [5, 5.41) is 7.33. The minimum atomic E-state index is -0.270. The van der Waals surface area contributed by atoms with E-state index in [2.05, 4.69) is 10.7 Å². The largest absolute Gasteiger partial charge is 0.381 e. The monoisotopic (exact) mass is 198 g/mol. The molecule has 13 heavy (non-hydrogen) atoms. The second-order valence-electron chi connectivity index (χ2n) is 3.18. The lowest BCUT2D eigenvalue weighted by Crippen LogP contribution is -2.23. The normalized spacial score (nSPS) is 12.5. The maximum Gasteiger partial charge on any atom is 0.219 e. The SMILES string of the molecule is Cc1cscc1NC(C)CC(N)=O. The summed E-state index contributed by atoms with van der Waals surface area (Å²) in [7, 11) is 0. The third-order valence-corrected chi connectivity index (χ3v) is 2.63. The molecule has 1 amide bonds. The van der Waals surface area contributed by atoms with E-state index in [0.717, 1.165) is 5.69 Å². The number of amides is 1. The van der Waals surface area contributed by atoms with Gasteiger partial charge in [0.15, 0.2) is 0 Å². The van der Waals surface area contributed by atoms with Crippen LogP contribution in [0.3, 0.4) is 0 Å². The predicted octanol–water partition coefficient (Wildman–Crippen LogP) is 1.73. The predicted molar refractivity (Wildman–Crippen MR) is 56.0 cm³/mol. The van der Waals surface area contributed by atoms with E-state index in [0.29, 0.717) is 6.42 Å². The molecule has 0 saturated carbocycles. The quantitative estimate of drug-likeness (QED) is 0.774. The highest BCUT2D eigenvalue weighted by Crippen LogP contribution is 2.20. The Balaban J connectivity index is 2.49. The Labute approximate surface area is 81.9 Å². The summed E-state index contributed by atoms with van der Waals surface area (Å²) in [6.45, 7) is 3.98. The molecule has 1 rings (SSSR count). The standard InChI is InChI=1S/C9H14N2OS/c1-6-4-13-5-8(6)11-7(2)3-9(10)12/h4-5,7,11H,3H2,1-2H3,(H2,10,12). The Kier molecular flexibility index (Phi) is 3.31. The van der Waals surface area contributed by atoms with Crippen molar-refractivity contribution in [3.8, 4) is 0 Å². The van der Waals surface area contributed by atoms with Crippen molar-refractivity contribution in [2.45, 2.75) is 26.3 Å². The maximum absolute atomic E-state index is 10.6. The fraction of sp³-hybridized carbons (Fsp3) is 0.444. The van der Waals surface area contributed by atoms with E-state index in [1.54, 1.807) is 11.3 Å². The van der Waals surface area contributed by atoms with Gasteiger partial charge in [-0.1, -0.05) is 0 Å². The number of aryl methyl sites for hydroxylation is 1. The van der Waals surface area contributed by atoms with Gasteiger partial charge in [0, 0.05) is 23.5 Å². The van der Waals surface area contributed by atoms with Crippen LogP contribution < -0.4 is 11.1 Å². The van der Waals surface area contributed by atoms with Gasteiger partial charge in [0.2, 0.25) is 5.91 Å². The molecule has 1 unspecified atom stereocenters. The van der Waals surface area contributed by atoms with Crippen molar-refractivity contribution in [1.29, 1.82) is 0 Å². The average Bonchev–Trinajstić information content (AvgIpc) is 2.34. The van der Waals surface area contributed by atoms with Gasteiger partial charge in [-0.25, -0.2) is 0 Å². The summed E-state index contributed by atoms with van der Waals surface area (Å²) >= 11 is 1.65. The van der Waals surface area contributed by atoms with Gasteiger partial charge >= 0.3 is 0 Å². The fourth-order valence-corrected chi connectivity index (χ4v) is 1.92. The van der Waals surface area contributed by atoms with Crippen molar-refractivity contribution in [2.24, 2.45) is 5.73 Å². The summed E-state index contributed by atoms with van der Waals surface area (Å²) in [5.41, 5.74) is 7.39. The van der Waals surface area contributed by atoms with E-state index in [9.17, 15) is 4.79 Å². The number of rotatable bonds is 4. The van der Waals surface area contributed by atoms with Gasteiger partial charge in [-0.05, 0) is 24.8 Å². The molecule has 1 heterocycles. The summed E-state index contributed by atoms with van der Waals surface area (Å²) in [6.07, 6.45) is 0.370. The number of carbonyl (C=O) groups excluding carboxylic acids is 1. The molecule has 0 aliphatic heterocycles. The molecule has 1 aromatic heterocycles. The number of primary amides is 1. The van der Waals surface area contributed by atoms with Crippen LogP contribution in [0.1, 0.15) is 18.9 Å². The molecule has 0 spiro atoms. The molecule has 0 fully saturated rings. The van der Waals surface area contributed by atoms with Crippen LogP contribution in [-0.4, -0.2) is 11.9 Å². The van der Waals surface area contributed by atoms with Crippen molar-refractivity contribution in [1.82, 2.24) is 0 Å². The molecule has 0 aliphatic rings. The van der Waals surface area contributed by atoms with E-state index >= 15 is 0 Å². The number of carbonyl (C=O) groups is 1. The minimum Gasteiger partial charge on any atom is -0.381 e. The maximum atomic E-state index is 10.6. The second kappa shape index (κ2) is 4.28. The highest BCUT2D eigenvalue weighted by atomic mass is 32.1. The zero-order valence-electron chi connectivity index (χ0n) is 7.83. The molecular weight excluding hydrogens is 184 g/mol. The van der Waals surface area contributed by atoms with E-state index in [-0.39, 0.29) is 11.9 Å².